The van der Waals surface area contributed by atoms with Gasteiger partial charge in [-0.05, 0) is 70.9 Å². The van der Waals surface area contributed by atoms with E-state index in [-0.39, 0.29) is 18.4 Å². The van der Waals surface area contributed by atoms with Crippen LogP contribution in [0.2, 0.25) is 0 Å². The molecule has 2 aromatic rings. The Hall–Kier alpha value is -2.22. The summed E-state index contributed by atoms with van der Waals surface area (Å²) in [6, 6.07) is 2.44. The number of hydrogen-bond acceptors (Lipinski definition) is 8. The van der Waals surface area contributed by atoms with Gasteiger partial charge in [0.25, 0.3) is 5.91 Å². The van der Waals surface area contributed by atoms with Crippen molar-refractivity contribution in [2.75, 3.05) is 25.4 Å². The maximum atomic E-state index is 12.6. The second kappa shape index (κ2) is 13.4. The number of hydrogen-bond donors (Lipinski definition) is 3. The lowest BCUT2D eigenvalue weighted by Crippen LogP contribution is -2.48. The number of likely N-dealkylation sites (tertiary alicyclic amines) is 1. The number of fused-ring (bicyclic) bond motifs is 1. The number of thiophene rings is 2. The number of ether oxygens (including phenoxy) is 1. The van der Waals surface area contributed by atoms with Gasteiger partial charge in [0.1, 0.15) is 11.6 Å². The summed E-state index contributed by atoms with van der Waals surface area (Å²) >= 11 is 2.99. The highest BCUT2D eigenvalue weighted by Gasteiger charge is 2.27. The Kier molecular flexibility index (Phi) is 10.8. The summed E-state index contributed by atoms with van der Waals surface area (Å²) in [4.78, 5) is 39.9. The molecule has 0 aromatic carbocycles. The predicted molar refractivity (Wildman–Crippen MR) is 154 cm³/mol. The van der Waals surface area contributed by atoms with Crippen LogP contribution in [0.25, 0.3) is 9.40 Å². The average Bonchev–Trinajstić information content (AvgIpc) is 3.42. The number of nitrogens with one attached hydrogen (secondary N) is 2. The van der Waals surface area contributed by atoms with Crippen molar-refractivity contribution in [3.05, 3.63) is 21.9 Å². The molecule has 0 radical (unpaired) electrons. The van der Waals surface area contributed by atoms with Gasteiger partial charge in [0, 0.05) is 29.9 Å². The predicted octanol–water partition coefficient (Wildman–Crippen LogP) is 4.45. The number of aliphatic carboxylic acids is 1. The van der Waals surface area contributed by atoms with Gasteiger partial charge < -0.3 is 20.1 Å². The van der Waals surface area contributed by atoms with Crippen molar-refractivity contribution in [3.8, 4) is 0 Å². The lowest BCUT2D eigenvalue weighted by molar-refractivity contribution is -0.138. The summed E-state index contributed by atoms with van der Waals surface area (Å²) in [6.07, 6.45) is 4.73. The fourth-order valence-electron chi connectivity index (χ4n) is 4.27. The molecule has 0 unspecified atom stereocenters. The Morgan fingerprint density at radius 1 is 1.18 bits per heavy atom. The second-order valence-electron chi connectivity index (χ2n) is 10.9. The Bertz CT molecular complexity index is 1220. The number of sulfonamides is 1. The molecule has 1 saturated heterocycles. The highest BCUT2D eigenvalue weighted by atomic mass is 32.2. The van der Waals surface area contributed by atoms with Crippen LogP contribution in [0.1, 0.15) is 74.3 Å². The average molecular weight is 602 g/mol. The third kappa shape index (κ3) is 9.73. The van der Waals surface area contributed by atoms with Gasteiger partial charge in [-0.3, -0.25) is 9.59 Å². The standard InChI is InChI=1S/C26H39N3O7S3/c1-5-6-13-39(34,35)28-20(23(31)32)16-27-22(30)21-15-18-14-19(37-24(18)38-21)8-7-17-9-11-29(12-10-17)25(33)36-26(2,3)4/h14-15,17,20,28H,5-13,16H2,1-4H3,(H,27,30)(H,31,32)/t20-/m0/s1. The molecule has 0 saturated carbocycles. The number of carboxylic acid groups (broad SMARTS) is 1. The normalized spacial score (nSPS) is 15.8. The monoisotopic (exact) mass is 601 g/mol. The minimum Gasteiger partial charge on any atom is -0.480 e. The Morgan fingerprint density at radius 3 is 2.46 bits per heavy atom. The molecule has 1 aliphatic heterocycles. The fraction of sp³-hybridized carbons (Fsp3) is 0.654. The van der Waals surface area contributed by atoms with E-state index in [2.05, 4.69) is 16.1 Å². The minimum atomic E-state index is -3.74. The maximum absolute atomic E-state index is 12.6. The number of carbonyl (C=O) groups is 3. The zero-order chi connectivity index (χ0) is 28.8. The summed E-state index contributed by atoms with van der Waals surface area (Å²) in [7, 11) is -3.74. The van der Waals surface area contributed by atoms with E-state index < -0.39 is 33.5 Å². The molecule has 218 valence electrons. The first-order valence-electron chi connectivity index (χ1n) is 13.3. The summed E-state index contributed by atoms with van der Waals surface area (Å²) in [5.41, 5.74) is -0.490. The fourth-order valence-corrected chi connectivity index (χ4v) is 8.10. The third-order valence-corrected chi connectivity index (χ3v) is 10.3. The second-order valence-corrected chi connectivity index (χ2v) is 15.2. The van der Waals surface area contributed by atoms with E-state index in [0.29, 0.717) is 36.7 Å². The highest BCUT2D eigenvalue weighted by Crippen LogP contribution is 2.35. The van der Waals surface area contributed by atoms with Crippen molar-refractivity contribution < 1.29 is 32.6 Å². The van der Waals surface area contributed by atoms with E-state index in [9.17, 15) is 27.9 Å². The van der Waals surface area contributed by atoms with Crippen LogP contribution in [0, 0.1) is 5.92 Å². The van der Waals surface area contributed by atoms with E-state index >= 15 is 0 Å². The van der Waals surface area contributed by atoms with Crippen molar-refractivity contribution in [2.24, 2.45) is 5.92 Å². The number of aryl methyl sites for hydroxylation is 1. The number of unbranched alkanes of at least 4 members (excludes halogenated alkanes) is 1. The number of carbonyl (C=O) groups excluding carboxylic acids is 2. The lowest BCUT2D eigenvalue weighted by Gasteiger charge is -2.33. The number of piperidine rings is 1. The van der Waals surface area contributed by atoms with Gasteiger partial charge in [0.2, 0.25) is 10.0 Å². The van der Waals surface area contributed by atoms with E-state index in [1.54, 1.807) is 22.3 Å². The van der Waals surface area contributed by atoms with Gasteiger partial charge in [-0.15, -0.1) is 22.7 Å². The number of rotatable bonds is 12. The Labute approximate surface area is 238 Å². The molecule has 0 bridgehead atoms. The van der Waals surface area contributed by atoms with Gasteiger partial charge >= 0.3 is 12.1 Å². The number of amides is 2. The van der Waals surface area contributed by atoms with Crippen LogP contribution < -0.4 is 10.0 Å². The van der Waals surface area contributed by atoms with Gasteiger partial charge in [0.15, 0.2) is 0 Å². The lowest BCUT2D eigenvalue weighted by atomic mass is 9.92. The first-order chi connectivity index (χ1) is 18.3. The van der Waals surface area contributed by atoms with Crippen LogP contribution in [0.4, 0.5) is 4.79 Å². The molecule has 2 amide bonds. The molecule has 1 fully saturated rings. The van der Waals surface area contributed by atoms with Gasteiger partial charge in [-0.2, -0.15) is 4.72 Å². The molecular weight excluding hydrogens is 563 g/mol. The number of carboxylic acids is 1. The first kappa shape index (κ1) is 31.3. The largest absolute Gasteiger partial charge is 0.480 e. The van der Waals surface area contributed by atoms with Crippen LogP contribution in [0.3, 0.4) is 0 Å². The third-order valence-electron chi connectivity index (χ3n) is 6.41. The molecule has 0 spiro atoms. The maximum Gasteiger partial charge on any atom is 0.410 e. The summed E-state index contributed by atoms with van der Waals surface area (Å²) in [5, 5.41) is 12.9. The van der Waals surface area contributed by atoms with Crippen molar-refractivity contribution in [3.63, 3.8) is 0 Å². The van der Waals surface area contributed by atoms with Crippen molar-refractivity contribution >= 4 is 60.1 Å². The van der Waals surface area contributed by atoms with E-state index in [4.69, 9.17) is 4.74 Å². The van der Waals surface area contributed by atoms with E-state index in [1.807, 2.05) is 27.7 Å². The van der Waals surface area contributed by atoms with Crippen molar-refractivity contribution in [2.45, 2.75) is 77.9 Å². The molecule has 39 heavy (non-hydrogen) atoms. The smallest absolute Gasteiger partial charge is 0.410 e. The van der Waals surface area contributed by atoms with Crippen LogP contribution in [0.5, 0.6) is 0 Å². The van der Waals surface area contributed by atoms with Gasteiger partial charge in [-0.25, -0.2) is 13.2 Å². The SMILES string of the molecule is CCCCS(=O)(=O)N[C@@H](CNC(=O)c1cc2cc(CCC3CCN(C(=O)OC(C)(C)C)CC3)sc2s1)C(=O)O. The first-order valence-corrected chi connectivity index (χ1v) is 16.6. The molecule has 3 N–H and O–H groups in total. The molecule has 3 heterocycles. The highest BCUT2D eigenvalue weighted by molar-refractivity contribution is 7.89. The van der Waals surface area contributed by atoms with Crippen LogP contribution in [-0.2, 0) is 26.0 Å². The van der Waals surface area contributed by atoms with Crippen LogP contribution >= 0.6 is 22.7 Å². The molecule has 10 nitrogen and oxygen atoms in total. The van der Waals surface area contributed by atoms with E-state index in [0.717, 1.165) is 35.1 Å². The van der Waals surface area contributed by atoms with Gasteiger partial charge in [-0.1, -0.05) is 13.3 Å². The zero-order valence-electron chi connectivity index (χ0n) is 22.9. The van der Waals surface area contributed by atoms with Crippen molar-refractivity contribution in [1.29, 1.82) is 0 Å². The quantitative estimate of drug-likeness (QED) is 0.326. The van der Waals surface area contributed by atoms with Gasteiger partial charge in [0.05, 0.1) is 14.6 Å². The summed E-state index contributed by atoms with van der Waals surface area (Å²) < 4.78 is 32.8. The van der Waals surface area contributed by atoms with Crippen LogP contribution in [0.15, 0.2) is 12.1 Å². The summed E-state index contributed by atoms with van der Waals surface area (Å²) in [5.74, 6) is -1.38. The Balaban J connectivity index is 1.47. The topological polar surface area (TPSA) is 142 Å². The molecule has 0 aliphatic carbocycles. The zero-order valence-corrected chi connectivity index (χ0v) is 25.4. The molecule has 3 rings (SSSR count). The van der Waals surface area contributed by atoms with E-state index in [1.165, 1.54) is 16.2 Å². The van der Waals surface area contributed by atoms with Crippen molar-refractivity contribution in [1.82, 2.24) is 14.9 Å². The molecule has 13 heteroatoms. The number of nitrogens with zero attached hydrogens (tertiary/aromatic N) is 1. The summed E-state index contributed by atoms with van der Waals surface area (Å²) in [6.45, 7) is 8.53. The molecular formula is C26H39N3O7S3. The molecule has 1 atom stereocenters. The molecule has 2 aromatic heterocycles. The van der Waals surface area contributed by atoms with Crippen LogP contribution in [-0.4, -0.2) is 73.4 Å². The molecule has 1 aliphatic rings. The minimum absolute atomic E-state index is 0.157. The Morgan fingerprint density at radius 2 is 1.87 bits per heavy atom.